The first-order chi connectivity index (χ1) is 8.31. The Labute approximate surface area is 108 Å². The van der Waals surface area contributed by atoms with Gasteiger partial charge in [0.05, 0.1) is 16.5 Å². The maximum Gasteiger partial charge on any atom is 0.140 e. The van der Waals surface area contributed by atoms with Crippen molar-refractivity contribution in [3.05, 3.63) is 47.1 Å². The molecule has 2 nitrogen and oxygen atoms in total. The van der Waals surface area contributed by atoms with Gasteiger partial charge in [0.15, 0.2) is 0 Å². The van der Waals surface area contributed by atoms with E-state index in [2.05, 4.69) is 28.8 Å². The molecular weight excluding hydrogens is 252 g/mol. The number of rotatable bonds is 2. The number of aryl methyl sites for hydroxylation is 1. The Morgan fingerprint density at radius 2 is 2.24 bits per heavy atom. The van der Waals surface area contributed by atoms with Gasteiger partial charge in [-0.2, -0.15) is 0 Å². The van der Waals surface area contributed by atoms with Crippen molar-refractivity contribution in [3.8, 4) is 10.6 Å². The van der Waals surface area contributed by atoms with Crippen molar-refractivity contribution in [3.63, 3.8) is 0 Å². The van der Waals surface area contributed by atoms with Crippen LogP contribution in [0.5, 0.6) is 0 Å². The summed E-state index contributed by atoms with van der Waals surface area (Å²) in [6, 6.07) is 8.21. The number of aromatic nitrogens is 2. The van der Waals surface area contributed by atoms with Crippen LogP contribution in [-0.2, 0) is 5.88 Å². The maximum absolute atomic E-state index is 6.07. The molecule has 0 aliphatic rings. The molecule has 86 valence electrons. The molecule has 0 radical (unpaired) electrons. The fourth-order valence-electron chi connectivity index (χ4n) is 1.99. The second kappa shape index (κ2) is 4.17. The lowest BCUT2D eigenvalue weighted by molar-refractivity contribution is 1.08. The maximum atomic E-state index is 6.07. The Balaban J connectivity index is 2.36. The van der Waals surface area contributed by atoms with Crippen LogP contribution in [0.4, 0.5) is 0 Å². The lowest BCUT2D eigenvalue weighted by Gasteiger charge is -2.00. The molecule has 0 N–H and O–H groups in total. The van der Waals surface area contributed by atoms with E-state index in [0.717, 1.165) is 17.0 Å². The second-order valence-corrected chi connectivity index (χ2v) is 5.12. The molecular formula is C13H11ClN2S. The fraction of sp³-hybridized carbons (Fsp3) is 0.154. The zero-order valence-electron chi connectivity index (χ0n) is 9.35. The van der Waals surface area contributed by atoms with Crippen molar-refractivity contribution < 1.29 is 0 Å². The van der Waals surface area contributed by atoms with Gasteiger partial charge in [-0.05, 0) is 30.0 Å². The number of pyridine rings is 1. The number of imidazole rings is 1. The first-order valence-corrected chi connectivity index (χ1v) is 6.79. The van der Waals surface area contributed by atoms with Crippen LogP contribution in [-0.4, -0.2) is 9.38 Å². The molecule has 0 aliphatic heterocycles. The van der Waals surface area contributed by atoms with Crippen LogP contribution in [0, 0.1) is 6.92 Å². The highest BCUT2D eigenvalue weighted by Crippen LogP contribution is 2.29. The molecule has 0 fully saturated rings. The molecule has 0 amide bonds. The third-order valence-corrected chi connectivity index (χ3v) is 3.95. The van der Waals surface area contributed by atoms with Crippen molar-refractivity contribution in [1.29, 1.82) is 0 Å². The minimum atomic E-state index is 0.470. The van der Waals surface area contributed by atoms with Gasteiger partial charge in [0.1, 0.15) is 11.3 Å². The SMILES string of the molecule is Cc1cccn2c(CCl)c(-c3cccs3)nc12. The van der Waals surface area contributed by atoms with Crippen molar-refractivity contribution in [1.82, 2.24) is 9.38 Å². The van der Waals surface area contributed by atoms with E-state index in [1.807, 2.05) is 18.3 Å². The number of thiophene rings is 1. The first kappa shape index (κ1) is 10.8. The molecule has 0 aliphatic carbocycles. The summed E-state index contributed by atoms with van der Waals surface area (Å²) < 4.78 is 2.08. The van der Waals surface area contributed by atoms with E-state index >= 15 is 0 Å². The largest absolute Gasteiger partial charge is 0.302 e. The molecule has 0 saturated carbocycles. The van der Waals surface area contributed by atoms with Crippen LogP contribution in [0.3, 0.4) is 0 Å². The smallest absolute Gasteiger partial charge is 0.140 e. The highest BCUT2D eigenvalue weighted by molar-refractivity contribution is 7.13. The van der Waals surface area contributed by atoms with Crippen molar-refractivity contribution >= 4 is 28.6 Å². The average Bonchev–Trinajstić information content (AvgIpc) is 2.95. The van der Waals surface area contributed by atoms with Crippen LogP contribution >= 0.6 is 22.9 Å². The zero-order chi connectivity index (χ0) is 11.8. The number of halogens is 1. The molecule has 0 bridgehead atoms. The number of fused-ring (bicyclic) bond motifs is 1. The molecule has 17 heavy (non-hydrogen) atoms. The summed E-state index contributed by atoms with van der Waals surface area (Å²) >= 11 is 7.76. The van der Waals surface area contributed by atoms with Gasteiger partial charge in [0.2, 0.25) is 0 Å². The molecule has 0 aromatic carbocycles. The number of alkyl halides is 1. The second-order valence-electron chi connectivity index (χ2n) is 3.90. The van der Waals surface area contributed by atoms with Crippen LogP contribution in [0.15, 0.2) is 35.8 Å². The summed E-state index contributed by atoms with van der Waals surface area (Å²) in [7, 11) is 0. The Morgan fingerprint density at radius 1 is 1.35 bits per heavy atom. The lowest BCUT2D eigenvalue weighted by atomic mass is 10.3. The van der Waals surface area contributed by atoms with Gasteiger partial charge in [0.25, 0.3) is 0 Å². The molecule has 3 aromatic rings. The topological polar surface area (TPSA) is 17.3 Å². The van der Waals surface area contributed by atoms with E-state index < -0.39 is 0 Å². The number of hydrogen-bond acceptors (Lipinski definition) is 2. The van der Waals surface area contributed by atoms with Gasteiger partial charge < -0.3 is 4.40 Å². The molecule has 3 heterocycles. The Kier molecular flexibility index (Phi) is 2.65. The quantitative estimate of drug-likeness (QED) is 0.636. The van der Waals surface area contributed by atoms with Gasteiger partial charge in [-0.1, -0.05) is 12.1 Å². The summed E-state index contributed by atoms with van der Waals surface area (Å²) in [4.78, 5) is 5.88. The summed E-state index contributed by atoms with van der Waals surface area (Å²) in [5, 5.41) is 2.06. The standard InChI is InChI=1S/C13H11ClN2S/c1-9-4-2-6-16-10(8-14)12(15-13(9)16)11-5-3-7-17-11/h2-7H,8H2,1H3. The molecule has 4 heteroatoms. The molecule has 0 spiro atoms. The summed E-state index contributed by atoms with van der Waals surface area (Å²) in [5.74, 6) is 0.470. The molecule has 3 aromatic heterocycles. The van der Waals surface area contributed by atoms with Gasteiger partial charge in [0, 0.05) is 6.20 Å². The third kappa shape index (κ3) is 1.66. The summed E-state index contributed by atoms with van der Waals surface area (Å²) in [5.41, 5.74) is 4.23. The Morgan fingerprint density at radius 3 is 2.94 bits per heavy atom. The average molecular weight is 263 g/mol. The Hall–Kier alpha value is -1.32. The normalized spacial score (nSPS) is 11.2. The van der Waals surface area contributed by atoms with Gasteiger partial charge in [-0.25, -0.2) is 4.98 Å². The fourth-order valence-corrected chi connectivity index (χ4v) is 2.98. The highest BCUT2D eigenvalue weighted by atomic mass is 35.5. The Bertz CT molecular complexity index is 655. The zero-order valence-corrected chi connectivity index (χ0v) is 10.9. The third-order valence-electron chi connectivity index (χ3n) is 2.83. The monoisotopic (exact) mass is 262 g/mol. The number of hydrogen-bond donors (Lipinski definition) is 0. The van der Waals surface area contributed by atoms with Crippen LogP contribution in [0.25, 0.3) is 16.2 Å². The van der Waals surface area contributed by atoms with Crippen LogP contribution in [0.2, 0.25) is 0 Å². The summed E-state index contributed by atoms with van der Waals surface area (Å²) in [6.45, 7) is 2.07. The lowest BCUT2D eigenvalue weighted by Crippen LogP contribution is -1.91. The van der Waals surface area contributed by atoms with Gasteiger partial charge >= 0.3 is 0 Å². The van der Waals surface area contributed by atoms with Gasteiger partial charge in [-0.3, -0.25) is 0 Å². The van der Waals surface area contributed by atoms with E-state index in [0.29, 0.717) is 5.88 Å². The number of nitrogens with zero attached hydrogens (tertiary/aromatic N) is 2. The van der Waals surface area contributed by atoms with E-state index in [4.69, 9.17) is 16.6 Å². The van der Waals surface area contributed by atoms with Crippen LogP contribution in [0.1, 0.15) is 11.3 Å². The predicted octanol–water partition coefficient (Wildman–Crippen LogP) is 4.11. The van der Waals surface area contributed by atoms with Crippen LogP contribution < -0.4 is 0 Å². The van der Waals surface area contributed by atoms with Crippen molar-refractivity contribution in [2.24, 2.45) is 0 Å². The van der Waals surface area contributed by atoms with E-state index in [9.17, 15) is 0 Å². The minimum absolute atomic E-state index is 0.470. The van der Waals surface area contributed by atoms with Gasteiger partial charge in [-0.15, -0.1) is 22.9 Å². The van der Waals surface area contributed by atoms with E-state index in [-0.39, 0.29) is 0 Å². The first-order valence-electron chi connectivity index (χ1n) is 5.37. The highest BCUT2D eigenvalue weighted by Gasteiger charge is 2.14. The molecule has 0 saturated heterocycles. The minimum Gasteiger partial charge on any atom is -0.302 e. The molecule has 0 atom stereocenters. The van der Waals surface area contributed by atoms with Crippen molar-refractivity contribution in [2.75, 3.05) is 0 Å². The molecule has 0 unspecified atom stereocenters. The van der Waals surface area contributed by atoms with E-state index in [1.54, 1.807) is 11.3 Å². The predicted molar refractivity (Wildman–Crippen MR) is 72.8 cm³/mol. The van der Waals surface area contributed by atoms with Crippen molar-refractivity contribution in [2.45, 2.75) is 12.8 Å². The summed E-state index contributed by atoms with van der Waals surface area (Å²) in [6.07, 6.45) is 2.02. The molecule has 3 rings (SSSR count). The van der Waals surface area contributed by atoms with E-state index in [1.165, 1.54) is 10.4 Å².